The third kappa shape index (κ3) is 1.62. The Morgan fingerprint density at radius 1 is 1.40 bits per heavy atom. The number of rotatable bonds is 0. The summed E-state index contributed by atoms with van der Waals surface area (Å²) in [4.78, 5) is 11.9. The van der Waals surface area contributed by atoms with Gasteiger partial charge in [-0.1, -0.05) is 39.1 Å². The summed E-state index contributed by atoms with van der Waals surface area (Å²) in [6.07, 6.45) is 1.45. The maximum Gasteiger partial charge on any atom is 0.224 e. The Bertz CT molecular complexity index is 769. The first-order chi connectivity index (χ1) is 9.58. The van der Waals surface area contributed by atoms with Crippen molar-refractivity contribution in [2.45, 2.75) is 25.3 Å². The van der Waals surface area contributed by atoms with Gasteiger partial charge >= 0.3 is 0 Å². The average Bonchev–Trinajstić information content (AvgIpc) is 2.88. The Morgan fingerprint density at radius 3 is 3.00 bits per heavy atom. The van der Waals surface area contributed by atoms with Gasteiger partial charge in [0, 0.05) is 34.6 Å². The number of amides is 1. The van der Waals surface area contributed by atoms with Crippen LogP contribution in [0, 0.1) is 0 Å². The Labute approximate surface area is 134 Å². The van der Waals surface area contributed by atoms with E-state index in [9.17, 15) is 4.79 Å². The van der Waals surface area contributed by atoms with E-state index in [1.165, 1.54) is 5.69 Å². The summed E-state index contributed by atoms with van der Waals surface area (Å²) in [5.41, 5.74) is 3.32. The molecule has 6 heteroatoms. The van der Waals surface area contributed by atoms with E-state index in [4.69, 9.17) is 23.2 Å². The number of hydrogen-bond donors (Lipinski definition) is 1. The highest BCUT2D eigenvalue weighted by Crippen LogP contribution is 2.46. The molecule has 1 unspecified atom stereocenters. The van der Waals surface area contributed by atoms with Gasteiger partial charge in [-0.3, -0.25) is 4.79 Å². The van der Waals surface area contributed by atoms with Gasteiger partial charge in [0.05, 0.1) is 22.0 Å². The van der Waals surface area contributed by atoms with Gasteiger partial charge in [-0.25, -0.2) is 0 Å². The molecule has 2 aliphatic rings. The van der Waals surface area contributed by atoms with Crippen molar-refractivity contribution >= 4 is 55.9 Å². The van der Waals surface area contributed by atoms with Crippen molar-refractivity contribution in [3.63, 3.8) is 0 Å². The summed E-state index contributed by atoms with van der Waals surface area (Å²) in [5, 5.41) is 5.16. The number of fused-ring (bicyclic) bond motifs is 3. The number of nitrogens with zero attached hydrogens (tertiary/aromatic N) is 1. The molecular formula is C14H11BrCl2N2O. The predicted molar refractivity (Wildman–Crippen MR) is 83.7 cm³/mol. The van der Waals surface area contributed by atoms with Gasteiger partial charge in [0.15, 0.2) is 0 Å². The van der Waals surface area contributed by atoms with Crippen LogP contribution in [0.4, 0.5) is 0 Å². The maximum absolute atomic E-state index is 11.9. The molecular weight excluding hydrogens is 363 g/mol. The summed E-state index contributed by atoms with van der Waals surface area (Å²) < 4.78 is 3.15. The normalized spacial score (nSPS) is 20.9. The number of hydrogen-bond acceptors (Lipinski definition) is 1. The third-order valence-corrected chi connectivity index (χ3v) is 5.69. The lowest BCUT2D eigenvalue weighted by Crippen LogP contribution is -2.25. The average molecular weight is 374 g/mol. The standard InChI is InChI=1S/C14H11BrCl2N2O/c15-8-4-9(16)12(17)14-11(8)7-3-10(20)18-5-6-1-2-19(14)13(6)7/h4,6H,1-3,5H2,(H,18,20). The molecule has 3 heterocycles. The molecule has 20 heavy (non-hydrogen) atoms. The summed E-state index contributed by atoms with van der Waals surface area (Å²) in [6, 6.07) is 1.82. The largest absolute Gasteiger partial charge is 0.355 e. The molecule has 1 amide bonds. The molecule has 2 aliphatic heterocycles. The zero-order valence-electron chi connectivity index (χ0n) is 10.5. The van der Waals surface area contributed by atoms with Crippen molar-refractivity contribution in [1.82, 2.24) is 9.88 Å². The van der Waals surface area contributed by atoms with Gasteiger partial charge in [0.2, 0.25) is 5.91 Å². The molecule has 0 fully saturated rings. The Kier molecular flexibility index (Phi) is 2.85. The first-order valence-electron chi connectivity index (χ1n) is 6.53. The van der Waals surface area contributed by atoms with Crippen molar-refractivity contribution in [3.8, 4) is 0 Å². The number of nitrogens with one attached hydrogen (secondary N) is 1. The molecule has 0 bridgehead atoms. The topological polar surface area (TPSA) is 34.0 Å². The van der Waals surface area contributed by atoms with Crippen LogP contribution in [0.1, 0.15) is 23.6 Å². The highest BCUT2D eigenvalue weighted by atomic mass is 79.9. The number of halogens is 3. The first kappa shape index (κ1) is 13.0. The Balaban J connectivity index is 2.16. The first-order valence-corrected chi connectivity index (χ1v) is 8.08. The summed E-state index contributed by atoms with van der Waals surface area (Å²) in [6.45, 7) is 1.64. The number of aromatic nitrogens is 1. The highest BCUT2D eigenvalue weighted by molar-refractivity contribution is 9.10. The quantitative estimate of drug-likeness (QED) is 0.699. The van der Waals surface area contributed by atoms with E-state index in [2.05, 4.69) is 25.8 Å². The number of carbonyl (C=O) groups excluding carboxylic acids is 1. The van der Waals surface area contributed by atoms with E-state index >= 15 is 0 Å². The van der Waals surface area contributed by atoms with Crippen molar-refractivity contribution in [3.05, 3.63) is 31.8 Å². The monoisotopic (exact) mass is 372 g/mol. The SMILES string of the molecule is O=C1Cc2c3n(c4c(Cl)c(Cl)cc(Br)c24)CCC3CN1. The number of carbonyl (C=O) groups is 1. The lowest BCUT2D eigenvalue weighted by atomic mass is 9.99. The van der Waals surface area contributed by atoms with Crippen LogP contribution in [0.15, 0.2) is 10.5 Å². The molecule has 0 aliphatic carbocycles. The predicted octanol–water partition coefficient (Wildman–Crippen LogP) is 3.87. The van der Waals surface area contributed by atoms with Crippen LogP contribution < -0.4 is 5.32 Å². The van der Waals surface area contributed by atoms with Crippen molar-refractivity contribution in [2.24, 2.45) is 0 Å². The van der Waals surface area contributed by atoms with Crippen molar-refractivity contribution in [2.75, 3.05) is 6.54 Å². The molecule has 0 spiro atoms. The molecule has 0 radical (unpaired) electrons. The minimum absolute atomic E-state index is 0.0765. The van der Waals surface area contributed by atoms with Gasteiger partial charge in [-0.05, 0) is 18.1 Å². The summed E-state index contributed by atoms with van der Waals surface area (Å²) in [7, 11) is 0. The molecule has 1 atom stereocenters. The molecule has 1 N–H and O–H groups in total. The smallest absolute Gasteiger partial charge is 0.224 e. The maximum atomic E-state index is 11.9. The second-order valence-electron chi connectivity index (χ2n) is 5.36. The van der Waals surface area contributed by atoms with Crippen molar-refractivity contribution < 1.29 is 4.79 Å². The van der Waals surface area contributed by atoms with Crippen LogP contribution in [0.2, 0.25) is 10.0 Å². The van der Waals surface area contributed by atoms with E-state index in [-0.39, 0.29) is 5.91 Å². The lowest BCUT2D eigenvalue weighted by Gasteiger charge is -2.06. The van der Waals surface area contributed by atoms with Crippen LogP contribution >= 0.6 is 39.1 Å². The minimum Gasteiger partial charge on any atom is -0.355 e. The fourth-order valence-electron chi connectivity index (χ4n) is 3.49. The minimum atomic E-state index is 0.0765. The molecule has 0 saturated heterocycles. The second kappa shape index (κ2) is 4.39. The number of benzene rings is 1. The number of aryl methyl sites for hydroxylation is 1. The Hall–Kier alpha value is -0.710. The fraction of sp³-hybridized carbons (Fsp3) is 0.357. The van der Waals surface area contributed by atoms with E-state index in [1.54, 1.807) is 0 Å². The van der Waals surface area contributed by atoms with Gasteiger partial charge in [-0.15, -0.1) is 0 Å². The van der Waals surface area contributed by atoms with Gasteiger partial charge < -0.3 is 9.88 Å². The summed E-state index contributed by atoms with van der Waals surface area (Å²) in [5.74, 6) is 0.457. The molecule has 2 aromatic rings. The van der Waals surface area contributed by atoms with Crippen LogP contribution in [0.3, 0.4) is 0 Å². The van der Waals surface area contributed by atoms with Crippen LogP contribution in [-0.2, 0) is 17.8 Å². The van der Waals surface area contributed by atoms with E-state index < -0.39 is 0 Å². The van der Waals surface area contributed by atoms with Crippen LogP contribution in [0.25, 0.3) is 10.9 Å². The zero-order chi connectivity index (χ0) is 14.0. The zero-order valence-corrected chi connectivity index (χ0v) is 13.6. The van der Waals surface area contributed by atoms with E-state index in [0.29, 0.717) is 28.9 Å². The van der Waals surface area contributed by atoms with E-state index in [1.807, 2.05) is 6.07 Å². The van der Waals surface area contributed by atoms with Crippen molar-refractivity contribution in [1.29, 1.82) is 0 Å². The molecule has 104 valence electrons. The highest BCUT2D eigenvalue weighted by Gasteiger charge is 2.34. The third-order valence-electron chi connectivity index (χ3n) is 4.29. The second-order valence-corrected chi connectivity index (χ2v) is 7.00. The fourth-order valence-corrected chi connectivity index (χ4v) is 4.73. The van der Waals surface area contributed by atoms with Crippen LogP contribution in [0.5, 0.6) is 0 Å². The molecule has 1 aromatic heterocycles. The Morgan fingerprint density at radius 2 is 2.20 bits per heavy atom. The molecule has 3 nitrogen and oxygen atoms in total. The molecule has 1 aromatic carbocycles. The molecule has 4 rings (SSSR count). The van der Waals surface area contributed by atoms with E-state index in [0.717, 1.165) is 33.9 Å². The lowest BCUT2D eigenvalue weighted by molar-refractivity contribution is -0.120. The van der Waals surface area contributed by atoms with Gasteiger partial charge in [0.25, 0.3) is 0 Å². The van der Waals surface area contributed by atoms with Gasteiger partial charge in [0.1, 0.15) is 0 Å². The molecule has 0 saturated carbocycles. The van der Waals surface area contributed by atoms with Gasteiger partial charge in [-0.2, -0.15) is 0 Å². The summed E-state index contributed by atoms with van der Waals surface area (Å²) >= 11 is 16.2. The van der Waals surface area contributed by atoms with Crippen LogP contribution in [-0.4, -0.2) is 17.0 Å².